The van der Waals surface area contributed by atoms with Crippen LogP contribution in [0.15, 0.2) is 6.07 Å². The van der Waals surface area contributed by atoms with Crippen molar-refractivity contribution in [2.75, 3.05) is 5.32 Å². The number of hydrogen-bond donors (Lipinski definition) is 2. The minimum absolute atomic E-state index is 0.0352. The summed E-state index contributed by atoms with van der Waals surface area (Å²) in [7, 11) is 0. The number of amides is 1. The number of aromatic nitrogens is 2. The highest BCUT2D eigenvalue weighted by Gasteiger charge is 2.14. The van der Waals surface area contributed by atoms with Gasteiger partial charge >= 0.3 is 0 Å². The van der Waals surface area contributed by atoms with E-state index in [1.165, 1.54) is 0 Å². The van der Waals surface area contributed by atoms with E-state index in [2.05, 4.69) is 50.1 Å². The molecule has 2 N–H and O–H groups in total. The molecule has 1 unspecified atom stereocenters. The topological polar surface area (TPSA) is 57.8 Å². The Morgan fingerprint density at radius 2 is 2.00 bits per heavy atom. The minimum atomic E-state index is 0.0352. The molecule has 4 heteroatoms. The molecule has 0 saturated carbocycles. The zero-order chi connectivity index (χ0) is 13.0. The third kappa shape index (κ3) is 4.21. The molecule has 1 heterocycles. The fourth-order valence-electron chi connectivity index (χ4n) is 1.42. The predicted molar refractivity (Wildman–Crippen MR) is 69.9 cm³/mol. The molecule has 96 valence electrons. The van der Waals surface area contributed by atoms with Gasteiger partial charge in [-0.2, -0.15) is 5.10 Å². The van der Waals surface area contributed by atoms with E-state index in [-0.39, 0.29) is 5.91 Å². The summed E-state index contributed by atoms with van der Waals surface area (Å²) < 4.78 is 0. The summed E-state index contributed by atoms with van der Waals surface area (Å²) in [5, 5.41) is 9.82. The Bertz CT molecular complexity index is 368. The SMILES string of the molecule is CC(C)c1cc(NC(=O)CC(C)C(C)C)n[nH]1. The van der Waals surface area contributed by atoms with E-state index in [0.29, 0.717) is 30.0 Å². The summed E-state index contributed by atoms with van der Waals surface area (Å²) in [6.45, 7) is 10.5. The monoisotopic (exact) mass is 237 g/mol. The molecule has 0 aromatic carbocycles. The standard InChI is InChI=1S/C13H23N3O/c1-8(2)10(5)6-13(17)14-12-7-11(9(3)4)15-16-12/h7-10H,6H2,1-5H3,(H2,14,15,16,17). The van der Waals surface area contributed by atoms with Crippen molar-refractivity contribution in [3.63, 3.8) is 0 Å². The van der Waals surface area contributed by atoms with Crippen LogP contribution in [0.1, 0.15) is 52.7 Å². The summed E-state index contributed by atoms with van der Waals surface area (Å²) in [5.74, 6) is 1.95. The lowest BCUT2D eigenvalue weighted by Gasteiger charge is -2.14. The maximum absolute atomic E-state index is 11.7. The molecule has 1 amide bonds. The molecular weight excluding hydrogens is 214 g/mol. The second kappa shape index (κ2) is 5.84. The molecule has 4 nitrogen and oxygen atoms in total. The summed E-state index contributed by atoms with van der Waals surface area (Å²) in [6, 6.07) is 1.89. The lowest BCUT2D eigenvalue weighted by Crippen LogP contribution is -2.18. The minimum Gasteiger partial charge on any atom is -0.309 e. The Labute approximate surface area is 103 Å². The number of nitrogens with one attached hydrogen (secondary N) is 2. The zero-order valence-corrected chi connectivity index (χ0v) is 11.4. The van der Waals surface area contributed by atoms with E-state index < -0.39 is 0 Å². The van der Waals surface area contributed by atoms with Gasteiger partial charge in [-0.05, 0) is 17.8 Å². The van der Waals surface area contributed by atoms with E-state index in [9.17, 15) is 4.79 Å². The van der Waals surface area contributed by atoms with Crippen LogP contribution >= 0.6 is 0 Å². The summed E-state index contributed by atoms with van der Waals surface area (Å²) in [6.07, 6.45) is 0.543. The van der Waals surface area contributed by atoms with Crippen LogP contribution in [0.25, 0.3) is 0 Å². The molecular formula is C13H23N3O. The van der Waals surface area contributed by atoms with Gasteiger partial charge in [-0.15, -0.1) is 0 Å². The van der Waals surface area contributed by atoms with Crippen molar-refractivity contribution in [1.82, 2.24) is 10.2 Å². The van der Waals surface area contributed by atoms with Gasteiger partial charge in [-0.25, -0.2) is 0 Å². The molecule has 0 radical (unpaired) electrons. The smallest absolute Gasteiger partial charge is 0.225 e. The van der Waals surface area contributed by atoms with Gasteiger partial charge in [0.1, 0.15) is 0 Å². The van der Waals surface area contributed by atoms with E-state index in [1.807, 2.05) is 6.07 Å². The van der Waals surface area contributed by atoms with Crippen LogP contribution in [0.2, 0.25) is 0 Å². The van der Waals surface area contributed by atoms with Crippen molar-refractivity contribution in [2.24, 2.45) is 11.8 Å². The first kappa shape index (κ1) is 13.7. The van der Waals surface area contributed by atoms with E-state index in [1.54, 1.807) is 0 Å². The molecule has 0 aliphatic carbocycles. The number of rotatable bonds is 5. The van der Waals surface area contributed by atoms with Gasteiger partial charge in [0.05, 0.1) is 0 Å². The fraction of sp³-hybridized carbons (Fsp3) is 0.692. The van der Waals surface area contributed by atoms with Gasteiger partial charge in [-0.3, -0.25) is 9.89 Å². The number of nitrogens with zero attached hydrogens (tertiary/aromatic N) is 1. The van der Waals surface area contributed by atoms with E-state index in [0.717, 1.165) is 5.69 Å². The number of H-pyrrole nitrogens is 1. The Kier molecular flexibility index (Phi) is 4.73. The van der Waals surface area contributed by atoms with Crippen LogP contribution in [0.5, 0.6) is 0 Å². The van der Waals surface area contributed by atoms with Crippen LogP contribution in [-0.2, 0) is 4.79 Å². The summed E-state index contributed by atoms with van der Waals surface area (Å²) in [5.41, 5.74) is 1.04. The van der Waals surface area contributed by atoms with Crippen LogP contribution in [0.4, 0.5) is 5.82 Å². The maximum atomic E-state index is 11.7. The molecule has 1 atom stereocenters. The predicted octanol–water partition coefficient (Wildman–Crippen LogP) is 3.15. The van der Waals surface area contributed by atoms with E-state index >= 15 is 0 Å². The molecule has 1 rings (SSSR count). The van der Waals surface area contributed by atoms with Gasteiger partial charge in [-0.1, -0.05) is 34.6 Å². The van der Waals surface area contributed by atoms with Gasteiger partial charge in [0.25, 0.3) is 0 Å². The molecule has 0 spiro atoms. The molecule has 0 aliphatic heterocycles. The molecule has 0 fully saturated rings. The highest BCUT2D eigenvalue weighted by molar-refractivity contribution is 5.89. The highest BCUT2D eigenvalue weighted by atomic mass is 16.1. The number of carbonyl (C=O) groups is 1. The highest BCUT2D eigenvalue weighted by Crippen LogP contribution is 2.17. The van der Waals surface area contributed by atoms with Crippen molar-refractivity contribution in [3.05, 3.63) is 11.8 Å². The maximum Gasteiger partial charge on any atom is 0.225 e. The molecule has 0 saturated heterocycles. The lowest BCUT2D eigenvalue weighted by atomic mass is 9.94. The van der Waals surface area contributed by atoms with Crippen molar-refractivity contribution < 1.29 is 4.79 Å². The van der Waals surface area contributed by atoms with Crippen molar-refractivity contribution >= 4 is 11.7 Å². The Hall–Kier alpha value is -1.32. The second-order valence-electron chi connectivity index (χ2n) is 5.34. The molecule has 1 aromatic rings. The normalized spacial score (nSPS) is 13.1. The largest absolute Gasteiger partial charge is 0.309 e. The third-order valence-corrected chi connectivity index (χ3v) is 3.13. The first-order valence-corrected chi connectivity index (χ1v) is 6.25. The summed E-state index contributed by atoms with van der Waals surface area (Å²) >= 11 is 0. The Morgan fingerprint density at radius 3 is 2.47 bits per heavy atom. The fourth-order valence-corrected chi connectivity index (χ4v) is 1.42. The quantitative estimate of drug-likeness (QED) is 0.826. The molecule has 1 aromatic heterocycles. The van der Waals surface area contributed by atoms with Gasteiger partial charge in [0.2, 0.25) is 5.91 Å². The average Bonchev–Trinajstić information content (AvgIpc) is 2.65. The second-order valence-corrected chi connectivity index (χ2v) is 5.34. The Balaban J connectivity index is 2.50. The Morgan fingerprint density at radius 1 is 1.35 bits per heavy atom. The van der Waals surface area contributed by atoms with Crippen LogP contribution < -0.4 is 5.32 Å². The number of anilines is 1. The van der Waals surface area contributed by atoms with E-state index in [4.69, 9.17) is 0 Å². The van der Waals surface area contributed by atoms with Crippen LogP contribution in [0, 0.1) is 11.8 Å². The first-order chi connectivity index (χ1) is 7.90. The van der Waals surface area contributed by atoms with Crippen LogP contribution in [-0.4, -0.2) is 16.1 Å². The number of hydrogen-bond acceptors (Lipinski definition) is 2. The molecule has 0 bridgehead atoms. The third-order valence-electron chi connectivity index (χ3n) is 3.13. The average molecular weight is 237 g/mol. The van der Waals surface area contributed by atoms with Gasteiger partial charge < -0.3 is 5.32 Å². The van der Waals surface area contributed by atoms with Gasteiger partial charge in [0, 0.05) is 18.2 Å². The van der Waals surface area contributed by atoms with Gasteiger partial charge in [0.15, 0.2) is 5.82 Å². The number of carbonyl (C=O) groups excluding carboxylic acids is 1. The van der Waals surface area contributed by atoms with Crippen molar-refractivity contribution in [2.45, 2.75) is 47.0 Å². The number of aromatic amines is 1. The first-order valence-electron chi connectivity index (χ1n) is 6.25. The summed E-state index contributed by atoms with van der Waals surface area (Å²) in [4.78, 5) is 11.7. The molecule has 0 aliphatic rings. The van der Waals surface area contributed by atoms with Crippen LogP contribution in [0.3, 0.4) is 0 Å². The van der Waals surface area contributed by atoms with Crippen molar-refractivity contribution in [1.29, 1.82) is 0 Å². The van der Waals surface area contributed by atoms with Crippen molar-refractivity contribution in [3.8, 4) is 0 Å². The molecule has 17 heavy (non-hydrogen) atoms. The zero-order valence-electron chi connectivity index (χ0n) is 11.4. The lowest BCUT2D eigenvalue weighted by molar-refractivity contribution is -0.117.